The summed E-state index contributed by atoms with van der Waals surface area (Å²) in [6, 6.07) is 13.4. The van der Waals surface area contributed by atoms with Crippen molar-refractivity contribution >= 4 is 21.6 Å². The van der Waals surface area contributed by atoms with Gasteiger partial charge in [0.2, 0.25) is 10.0 Å². The first-order chi connectivity index (χ1) is 14.8. The lowest BCUT2D eigenvalue weighted by Gasteiger charge is -2.22. The molecular weight excluding hydrogens is 414 g/mol. The lowest BCUT2D eigenvalue weighted by molar-refractivity contribution is -0.122. The Bertz CT molecular complexity index is 1070. The molecule has 1 heterocycles. The number of hydrogen-bond donors (Lipinski definition) is 1. The molecule has 1 saturated heterocycles. The van der Waals surface area contributed by atoms with Gasteiger partial charge in [-0.05, 0) is 68.7 Å². The number of aryl methyl sites for hydroxylation is 1. The summed E-state index contributed by atoms with van der Waals surface area (Å²) >= 11 is 0. The van der Waals surface area contributed by atoms with Crippen LogP contribution in [0.4, 0.5) is 5.69 Å². The van der Waals surface area contributed by atoms with E-state index in [0.29, 0.717) is 35.7 Å². The first kappa shape index (κ1) is 22.8. The van der Waals surface area contributed by atoms with E-state index < -0.39 is 22.0 Å². The molecule has 164 valence electrons. The van der Waals surface area contributed by atoms with Crippen molar-refractivity contribution in [1.29, 1.82) is 5.26 Å². The van der Waals surface area contributed by atoms with Crippen molar-refractivity contribution in [2.75, 3.05) is 18.4 Å². The maximum absolute atomic E-state index is 13.2. The third kappa shape index (κ3) is 5.63. The Morgan fingerprint density at radius 2 is 1.74 bits per heavy atom. The molecule has 0 bridgehead atoms. The number of rotatable bonds is 6. The Morgan fingerprint density at radius 3 is 2.35 bits per heavy atom. The number of anilines is 1. The van der Waals surface area contributed by atoms with Crippen LogP contribution >= 0.6 is 0 Å². The van der Waals surface area contributed by atoms with Crippen molar-refractivity contribution in [1.82, 2.24) is 4.31 Å². The van der Waals surface area contributed by atoms with E-state index in [1.807, 2.05) is 6.07 Å². The highest BCUT2D eigenvalue weighted by Gasteiger charge is 2.27. The van der Waals surface area contributed by atoms with E-state index in [-0.39, 0.29) is 4.90 Å². The number of nitrogens with one attached hydrogen (secondary N) is 1. The standard InChI is InChI=1S/C23H27N3O4S/c1-17-7-10-20(15-22(17)31(28,29)26-13-5-3-4-6-14-26)25-23(27)18(2)30-21-11-8-19(16-24)9-12-21/h7-12,15,18H,3-6,13-14H2,1-2H3,(H,25,27). The van der Waals surface area contributed by atoms with Crippen LogP contribution in [0.5, 0.6) is 5.75 Å². The Hall–Kier alpha value is -2.89. The number of carbonyl (C=O) groups is 1. The quantitative estimate of drug-likeness (QED) is 0.734. The molecule has 0 spiro atoms. The van der Waals surface area contributed by atoms with Crippen LogP contribution in [0, 0.1) is 18.3 Å². The highest BCUT2D eigenvalue weighted by molar-refractivity contribution is 7.89. The summed E-state index contributed by atoms with van der Waals surface area (Å²) in [7, 11) is -3.63. The first-order valence-corrected chi connectivity index (χ1v) is 11.8. The molecular formula is C23H27N3O4S. The van der Waals surface area contributed by atoms with Gasteiger partial charge in [0.05, 0.1) is 16.5 Å². The minimum atomic E-state index is -3.63. The highest BCUT2D eigenvalue weighted by Crippen LogP contribution is 2.26. The van der Waals surface area contributed by atoms with Crippen molar-refractivity contribution in [2.45, 2.75) is 50.5 Å². The summed E-state index contributed by atoms with van der Waals surface area (Å²) < 4.78 is 33.6. The zero-order valence-electron chi connectivity index (χ0n) is 17.8. The van der Waals surface area contributed by atoms with Gasteiger partial charge in [-0.25, -0.2) is 8.42 Å². The molecule has 0 saturated carbocycles. The van der Waals surface area contributed by atoms with Crippen LogP contribution < -0.4 is 10.1 Å². The van der Waals surface area contributed by atoms with E-state index in [0.717, 1.165) is 25.7 Å². The predicted molar refractivity (Wildman–Crippen MR) is 118 cm³/mol. The van der Waals surface area contributed by atoms with Crippen molar-refractivity contribution in [2.24, 2.45) is 0 Å². The van der Waals surface area contributed by atoms with E-state index in [4.69, 9.17) is 10.00 Å². The van der Waals surface area contributed by atoms with E-state index >= 15 is 0 Å². The Balaban J connectivity index is 1.73. The SMILES string of the molecule is Cc1ccc(NC(=O)C(C)Oc2ccc(C#N)cc2)cc1S(=O)(=O)N1CCCCCC1. The van der Waals surface area contributed by atoms with Gasteiger partial charge in [-0.3, -0.25) is 4.79 Å². The van der Waals surface area contributed by atoms with Crippen LogP contribution in [0.1, 0.15) is 43.7 Å². The van der Waals surface area contributed by atoms with Crippen LogP contribution in [-0.2, 0) is 14.8 Å². The molecule has 1 atom stereocenters. The van der Waals surface area contributed by atoms with Crippen LogP contribution in [0.3, 0.4) is 0 Å². The molecule has 1 unspecified atom stereocenters. The Morgan fingerprint density at radius 1 is 1.10 bits per heavy atom. The van der Waals surface area contributed by atoms with E-state index in [1.54, 1.807) is 54.6 Å². The monoisotopic (exact) mass is 441 g/mol. The number of ether oxygens (including phenoxy) is 1. The number of sulfonamides is 1. The Kier molecular flexibility index (Phi) is 7.31. The molecule has 1 aliphatic rings. The van der Waals surface area contributed by atoms with Gasteiger partial charge < -0.3 is 10.1 Å². The van der Waals surface area contributed by atoms with Gasteiger partial charge in [-0.2, -0.15) is 9.57 Å². The van der Waals surface area contributed by atoms with E-state index in [2.05, 4.69) is 5.32 Å². The fraction of sp³-hybridized carbons (Fsp3) is 0.391. The van der Waals surface area contributed by atoms with Gasteiger partial charge in [0.15, 0.2) is 6.10 Å². The molecule has 7 nitrogen and oxygen atoms in total. The summed E-state index contributed by atoms with van der Waals surface area (Å²) in [5, 5.41) is 11.6. The molecule has 0 radical (unpaired) electrons. The highest BCUT2D eigenvalue weighted by atomic mass is 32.2. The zero-order chi connectivity index (χ0) is 22.4. The normalized spacial score (nSPS) is 16.0. The van der Waals surface area contributed by atoms with Gasteiger partial charge in [-0.15, -0.1) is 0 Å². The molecule has 8 heteroatoms. The third-order valence-electron chi connectivity index (χ3n) is 5.30. The topological polar surface area (TPSA) is 99.5 Å². The lowest BCUT2D eigenvalue weighted by atomic mass is 10.2. The predicted octanol–water partition coefficient (Wildman–Crippen LogP) is 3.84. The van der Waals surface area contributed by atoms with Crippen LogP contribution in [-0.4, -0.2) is 37.8 Å². The van der Waals surface area contributed by atoms with Crippen molar-refractivity contribution in [3.63, 3.8) is 0 Å². The summed E-state index contributed by atoms with van der Waals surface area (Å²) in [6.07, 6.45) is 2.99. The third-order valence-corrected chi connectivity index (χ3v) is 7.34. The van der Waals surface area contributed by atoms with Gasteiger partial charge >= 0.3 is 0 Å². The maximum atomic E-state index is 13.2. The number of benzene rings is 2. The smallest absolute Gasteiger partial charge is 0.265 e. The molecule has 1 aliphatic heterocycles. The summed E-state index contributed by atoms with van der Waals surface area (Å²) in [4.78, 5) is 12.8. The molecule has 3 rings (SSSR count). The molecule has 0 aliphatic carbocycles. The number of amides is 1. The second kappa shape index (κ2) is 9.94. The van der Waals surface area contributed by atoms with Crippen molar-refractivity contribution < 1.29 is 17.9 Å². The fourth-order valence-electron chi connectivity index (χ4n) is 3.49. The van der Waals surface area contributed by atoms with Gasteiger partial charge in [0.25, 0.3) is 5.91 Å². The molecule has 31 heavy (non-hydrogen) atoms. The molecule has 2 aromatic rings. The largest absolute Gasteiger partial charge is 0.481 e. The van der Waals surface area contributed by atoms with Gasteiger partial charge in [0, 0.05) is 18.8 Å². The lowest BCUT2D eigenvalue weighted by Crippen LogP contribution is -2.33. The Labute approximate surface area is 183 Å². The number of carbonyl (C=O) groups excluding carboxylic acids is 1. The minimum absolute atomic E-state index is 0.216. The second-order valence-electron chi connectivity index (χ2n) is 7.68. The zero-order valence-corrected chi connectivity index (χ0v) is 18.6. The number of nitriles is 1. The molecule has 0 aromatic heterocycles. The minimum Gasteiger partial charge on any atom is -0.481 e. The molecule has 1 amide bonds. The number of nitrogens with zero attached hydrogens (tertiary/aromatic N) is 2. The first-order valence-electron chi connectivity index (χ1n) is 10.4. The summed E-state index contributed by atoms with van der Waals surface area (Å²) in [5.74, 6) is 0.0707. The average molecular weight is 442 g/mol. The summed E-state index contributed by atoms with van der Waals surface area (Å²) in [6.45, 7) is 4.41. The van der Waals surface area contributed by atoms with Crippen LogP contribution in [0.15, 0.2) is 47.4 Å². The number of hydrogen-bond acceptors (Lipinski definition) is 5. The fourth-order valence-corrected chi connectivity index (χ4v) is 5.25. The van der Waals surface area contributed by atoms with Gasteiger partial charge in [0.1, 0.15) is 5.75 Å². The average Bonchev–Trinajstić information content (AvgIpc) is 3.05. The molecule has 2 aromatic carbocycles. The van der Waals surface area contributed by atoms with Crippen LogP contribution in [0.2, 0.25) is 0 Å². The van der Waals surface area contributed by atoms with Gasteiger partial charge in [-0.1, -0.05) is 18.9 Å². The molecule has 1 fully saturated rings. The van der Waals surface area contributed by atoms with E-state index in [1.165, 1.54) is 6.07 Å². The molecule has 1 N–H and O–H groups in total. The second-order valence-corrected chi connectivity index (χ2v) is 9.59. The van der Waals surface area contributed by atoms with Crippen molar-refractivity contribution in [3.05, 3.63) is 53.6 Å². The summed E-state index contributed by atoms with van der Waals surface area (Å²) in [5.41, 5.74) is 1.55. The van der Waals surface area contributed by atoms with Crippen molar-refractivity contribution in [3.8, 4) is 11.8 Å². The van der Waals surface area contributed by atoms with E-state index in [9.17, 15) is 13.2 Å². The maximum Gasteiger partial charge on any atom is 0.265 e. The van der Waals surface area contributed by atoms with Crippen LogP contribution in [0.25, 0.3) is 0 Å².